The number of hydrogen-bond acceptors (Lipinski definition) is 7. The Morgan fingerprint density at radius 2 is 1.46 bits per heavy atom. The van der Waals surface area contributed by atoms with Crippen LogP contribution in [0.5, 0.6) is 0 Å². The Bertz CT molecular complexity index is 1620. The Hall–Kier alpha value is -4.38. The van der Waals surface area contributed by atoms with Gasteiger partial charge in [0.1, 0.15) is 0 Å². The number of rotatable bonds is 8. The van der Waals surface area contributed by atoms with Crippen LogP contribution >= 0.6 is 0 Å². The fourth-order valence-electron chi connectivity index (χ4n) is 3.76. The van der Waals surface area contributed by atoms with E-state index in [0.717, 1.165) is 6.26 Å². The summed E-state index contributed by atoms with van der Waals surface area (Å²) >= 11 is 0. The molecule has 0 aliphatic heterocycles. The quantitative estimate of drug-likeness (QED) is 0.157. The van der Waals surface area contributed by atoms with Crippen LogP contribution in [0.15, 0.2) is 94.9 Å². The van der Waals surface area contributed by atoms with Crippen LogP contribution in [-0.2, 0) is 16.0 Å². The minimum absolute atomic E-state index is 0.0132. The summed E-state index contributed by atoms with van der Waals surface area (Å²) in [5.41, 5.74) is 4.33. The van der Waals surface area contributed by atoms with Crippen molar-refractivity contribution in [3.05, 3.63) is 96.3 Å². The number of halogens is 3. The maximum Gasteiger partial charge on any atom is 0.451 e. The first-order valence-electron chi connectivity index (χ1n) is 11.7. The van der Waals surface area contributed by atoms with Crippen LogP contribution in [0.4, 0.5) is 19.0 Å². The van der Waals surface area contributed by atoms with E-state index >= 15 is 0 Å². The van der Waals surface area contributed by atoms with Crippen LogP contribution < -0.4 is 5.43 Å². The van der Waals surface area contributed by atoms with Crippen LogP contribution in [0.2, 0.25) is 0 Å². The molecule has 0 amide bonds. The summed E-state index contributed by atoms with van der Waals surface area (Å²) in [4.78, 5) is 20.1. The van der Waals surface area contributed by atoms with Crippen molar-refractivity contribution in [1.29, 1.82) is 0 Å². The molecule has 0 radical (unpaired) electrons. The van der Waals surface area contributed by atoms with E-state index in [4.69, 9.17) is 0 Å². The van der Waals surface area contributed by atoms with Gasteiger partial charge in [0.05, 0.1) is 22.6 Å². The minimum atomic E-state index is -4.88. The molecule has 0 aliphatic rings. The van der Waals surface area contributed by atoms with Crippen LogP contribution in [-0.4, -0.2) is 36.1 Å². The fraction of sp³-hybridized carbons (Fsp3) is 0.143. The smallest absolute Gasteiger partial charge is 0.294 e. The molecule has 1 heterocycles. The second-order valence-corrected chi connectivity index (χ2v) is 10.7. The Balaban J connectivity index is 1.83. The zero-order valence-corrected chi connectivity index (χ0v) is 21.7. The van der Waals surface area contributed by atoms with E-state index in [9.17, 15) is 26.4 Å². The van der Waals surface area contributed by atoms with Gasteiger partial charge in [-0.3, -0.25) is 10.2 Å². The zero-order valence-electron chi connectivity index (χ0n) is 20.9. The number of nitrogens with one attached hydrogen (secondary N) is 1. The molecule has 0 fully saturated rings. The molecule has 7 nitrogen and oxygen atoms in total. The summed E-state index contributed by atoms with van der Waals surface area (Å²) in [6.07, 6.45) is -3.90. The monoisotopic (exact) mass is 552 g/mol. The number of ketones is 1. The van der Waals surface area contributed by atoms with E-state index in [1.54, 1.807) is 67.6 Å². The third-order valence-electron chi connectivity index (χ3n) is 5.65. The summed E-state index contributed by atoms with van der Waals surface area (Å²) in [6, 6.07) is 22.5. The number of nitrogens with zero attached hydrogens (tertiary/aromatic N) is 3. The average molecular weight is 553 g/mol. The lowest BCUT2D eigenvalue weighted by molar-refractivity contribution is -0.144. The van der Waals surface area contributed by atoms with Gasteiger partial charge in [0, 0.05) is 23.1 Å². The Kier molecular flexibility index (Phi) is 7.91. The second kappa shape index (κ2) is 11.2. The molecule has 0 saturated heterocycles. The number of Topliss-reactive ketones (excluding diaryl/α,β-unsaturated/α-hetero) is 1. The van der Waals surface area contributed by atoms with E-state index in [2.05, 4.69) is 20.5 Å². The molecule has 0 atom stereocenters. The lowest BCUT2D eigenvalue weighted by Gasteiger charge is -2.17. The first kappa shape index (κ1) is 27.6. The van der Waals surface area contributed by atoms with Crippen molar-refractivity contribution >= 4 is 27.2 Å². The predicted octanol–water partition coefficient (Wildman–Crippen LogP) is 6.29. The first-order valence-corrected chi connectivity index (χ1v) is 13.5. The highest BCUT2D eigenvalue weighted by molar-refractivity contribution is 7.90. The molecule has 0 unspecified atom stereocenters. The normalized spacial score (nSPS) is 12.3. The Labute approximate surface area is 223 Å². The Morgan fingerprint density at radius 1 is 0.872 bits per heavy atom. The van der Waals surface area contributed by atoms with Crippen LogP contribution in [0, 0.1) is 0 Å². The molecular weight excluding hydrogens is 529 g/mol. The van der Waals surface area contributed by atoms with Crippen molar-refractivity contribution in [1.82, 2.24) is 9.97 Å². The van der Waals surface area contributed by atoms with Gasteiger partial charge >= 0.3 is 6.18 Å². The van der Waals surface area contributed by atoms with Gasteiger partial charge in [0.25, 0.3) is 0 Å². The molecule has 3 aromatic carbocycles. The highest BCUT2D eigenvalue weighted by atomic mass is 32.2. The number of alkyl halides is 3. The molecule has 11 heteroatoms. The molecule has 200 valence electrons. The molecule has 0 saturated carbocycles. The fourth-order valence-corrected chi connectivity index (χ4v) is 4.39. The molecule has 1 N–H and O–H groups in total. The zero-order chi connectivity index (χ0) is 28.2. The molecule has 4 rings (SSSR count). The van der Waals surface area contributed by atoms with Crippen molar-refractivity contribution in [2.75, 3.05) is 11.7 Å². The number of hydrazone groups is 1. The lowest BCUT2D eigenvalue weighted by atomic mass is 9.99. The number of anilines is 1. The molecular formula is C28H23F3N4O3S. The van der Waals surface area contributed by atoms with Gasteiger partial charge in [0.15, 0.2) is 21.4 Å². The number of aromatic nitrogens is 2. The number of benzene rings is 3. The van der Waals surface area contributed by atoms with Crippen molar-refractivity contribution in [2.24, 2.45) is 5.10 Å². The Morgan fingerprint density at radius 3 is 2.03 bits per heavy atom. The molecule has 0 bridgehead atoms. The third kappa shape index (κ3) is 6.74. The average Bonchev–Trinajstić information content (AvgIpc) is 2.91. The van der Waals surface area contributed by atoms with Crippen molar-refractivity contribution in [3.8, 4) is 22.4 Å². The third-order valence-corrected chi connectivity index (χ3v) is 6.77. The standard InChI is InChI=1S/C28H23F3N4O3S/c1-18(17-23(36)19-9-5-3-6-10-19)34-35-26-24(20-11-7-4-8-12-20)25(32-27(33-26)28(29,30)31)21-13-15-22(16-14-21)39(2,37)38/h3-16H,17H2,1-2H3,(H,32,33,35)/b34-18+. The topological polar surface area (TPSA) is 101 Å². The molecule has 0 aliphatic carbocycles. The molecule has 39 heavy (non-hydrogen) atoms. The van der Waals surface area contributed by atoms with E-state index < -0.39 is 21.8 Å². The van der Waals surface area contributed by atoms with Gasteiger partial charge in [-0.2, -0.15) is 18.3 Å². The SMILES string of the molecule is C/C(CC(=O)c1ccccc1)=N\Nc1nc(C(F)(F)F)nc(-c2ccc(S(C)(=O)=O)cc2)c1-c1ccccc1. The van der Waals surface area contributed by atoms with Crippen LogP contribution in [0.25, 0.3) is 22.4 Å². The van der Waals surface area contributed by atoms with Gasteiger partial charge in [-0.25, -0.2) is 18.4 Å². The molecule has 0 spiro atoms. The van der Waals surface area contributed by atoms with E-state index in [1.165, 1.54) is 24.3 Å². The largest absolute Gasteiger partial charge is 0.451 e. The summed E-state index contributed by atoms with van der Waals surface area (Å²) in [6.45, 7) is 1.58. The summed E-state index contributed by atoms with van der Waals surface area (Å²) < 4.78 is 65.4. The number of hydrogen-bond donors (Lipinski definition) is 1. The van der Waals surface area contributed by atoms with Gasteiger partial charge in [-0.1, -0.05) is 72.8 Å². The predicted molar refractivity (Wildman–Crippen MR) is 143 cm³/mol. The van der Waals surface area contributed by atoms with Gasteiger partial charge < -0.3 is 0 Å². The highest BCUT2D eigenvalue weighted by Crippen LogP contribution is 2.39. The van der Waals surface area contributed by atoms with E-state index in [1.807, 2.05) is 0 Å². The number of sulfone groups is 1. The van der Waals surface area contributed by atoms with Gasteiger partial charge in [-0.15, -0.1) is 0 Å². The number of carbonyl (C=O) groups excluding carboxylic acids is 1. The minimum Gasteiger partial charge on any atom is -0.294 e. The van der Waals surface area contributed by atoms with Crippen molar-refractivity contribution in [3.63, 3.8) is 0 Å². The van der Waals surface area contributed by atoms with Gasteiger partial charge in [-0.05, 0) is 24.6 Å². The summed E-state index contributed by atoms with van der Waals surface area (Å²) in [7, 11) is -3.52. The van der Waals surface area contributed by atoms with E-state index in [-0.39, 0.29) is 39.7 Å². The summed E-state index contributed by atoms with van der Waals surface area (Å²) in [5, 5.41) is 4.16. The van der Waals surface area contributed by atoms with Crippen molar-refractivity contribution in [2.45, 2.75) is 24.4 Å². The highest BCUT2D eigenvalue weighted by Gasteiger charge is 2.37. The second-order valence-electron chi connectivity index (χ2n) is 8.70. The van der Waals surface area contributed by atoms with Gasteiger partial charge in [0.2, 0.25) is 5.82 Å². The van der Waals surface area contributed by atoms with Crippen LogP contribution in [0.1, 0.15) is 29.5 Å². The molecule has 1 aromatic heterocycles. The number of carbonyl (C=O) groups is 1. The molecule has 4 aromatic rings. The maximum atomic E-state index is 13.9. The van der Waals surface area contributed by atoms with Crippen LogP contribution in [0.3, 0.4) is 0 Å². The maximum absolute atomic E-state index is 13.9. The summed E-state index contributed by atoms with van der Waals surface area (Å²) in [5.74, 6) is -1.83. The van der Waals surface area contributed by atoms with Crippen molar-refractivity contribution < 1.29 is 26.4 Å². The first-order chi connectivity index (χ1) is 18.4. The van der Waals surface area contributed by atoms with E-state index in [0.29, 0.717) is 16.8 Å². The lowest BCUT2D eigenvalue weighted by Crippen LogP contribution is -2.15.